The molecule has 2 rings (SSSR count). The molecular formula is C13H22N2O3. The number of hydrogen-bond donors (Lipinski definition) is 1. The lowest BCUT2D eigenvalue weighted by atomic mass is 10.4. The van der Waals surface area contributed by atoms with Gasteiger partial charge in [0.1, 0.15) is 0 Å². The number of amides is 1. The van der Waals surface area contributed by atoms with Gasteiger partial charge in [-0.05, 0) is 38.5 Å². The Morgan fingerprint density at radius 3 is 2.50 bits per heavy atom. The number of carbonyl (C=O) groups is 2. The summed E-state index contributed by atoms with van der Waals surface area (Å²) in [5.74, 6) is 0.478. The number of rotatable bonds is 8. The van der Waals surface area contributed by atoms with Crippen LogP contribution in [0.1, 0.15) is 32.6 Å². The Morgan fingerprint density at radius 2 is 1.94 bits per heavy atom. The molecule has 5 nitrogen and oxygen atoms in total. The second-order valence-electron chi connectivity index (χ2n) is 5.19. The Hall–Kier alpha value is -1.10. The predicted molar refractivity (Wildman–Crippen MR) is 67.0 cm³/mol. The molecule has 5 heteroatoms. The van der Waals surface area contributed by atoms with Crippen LogP contribution in [0.5, 0.6) is 0 Å². The van der Waals surface area contributed by atoms with Crippen LogP contribution in [0.2, 0.25) is 0 Å². The summed E-state index contributed by atoms with van der Waals surface area (Å²) in [6.07, 6.45) is 4.62. The molecule has 0 radical (unpaired) electrons. The molecule has 0 aliphatic heterocycles. The van der Waals surface area contributed by atoms with Gasteiger partial charge < -0.3 is 10.1 Å². The molecule has 0 saturated heterocycles. The van der Waals surface area contributed by atoms with Crippen LogP contribution in [0, 0.1) is 5.92 Å². The predicted octanol–water partition coefficient (Wildman–Crippen LogP) is 0.540. The van der Waals surface area contributed by atoms with Crippen LogP contribution in [0.25, 0.3) is 0 Å². The van der Waals surface area contributed by atoms with Crippen LogP contribution in [-0.2, 0) is 14.3 Å². The van der Waals surface area contributed by atoms with Crippen molar-refractivity contribution in [2.45, 2.75) is 38.6 Å². The first-order valence-corrected chi connectivity index (χ1v) is 6.85. The molecule has 0 atom stereocenters. The van der Waals surface area contributed by atoms with E-state index in [1.165, 1.54) is 12.8 Å². The summed E-state index contributed by atoms with van der Waals surface area (Å²) in [7, 11) is 0. The fraction of sp³-hybridized carbons (Fsp3) is 0.846. The first-order chi connectivity index (χ1) is 8.69. The third-order valence-electron chi connectivity index (χ3n) is 3.33. The van der Waals surface area contributed by atoms with E-state index in [9.17, 15) is 9.59 Å². The normalized spacial score (nSPS) is 18.8. The number of ether oxygens (including phenoxy) is 1. The van der Waals surface area contributed by atoms with E-state index in [1.54, 1.807) is 6.92 Å². The Labute approximate surface area is 108 Å². The molecule has 102 valence electrons. The SMILES string of the molecule is CCOC(=O)CN(CC(=O)NCC1CC1)C1CC1. The van der Waals surface area contributed by atoms with Crippen molar-refractivity contribution in [2.24, 2.45) is 5.92 Å². The summed E-state index contributed by atoms with van der Waals surface area (Å²) in [5.41, 5.74) is 0. The Bertz CT molecular complexity index is 311. The van der Waals surface area contributed by atoms with E-state index in [2.05, 4.69) is 5.32 Å². The van der Waals surface area contributed by atoms with Gasteiger partial charge in [0.05, 0.1) is 19.7 Å². The molecule has 2 aliphatic carbocycles. The molecule has 0 bridgehead atoms. The van der Waals surface area contributed by atoms with Crippen molar-refractivity contribution in [1.82, 2.24) is 10.2 Å². The minimum absolute atomic E-state index is 0.0260. The Balaban J connectivity index is 1.70. The topological polar surface area (TPSA) is 58.6 Å². The summed E-state index contributed by atoms with van der Waals surface area (Å²) < 4.78 is 4.93. The zero-order valence-corrected chi connectivity index (χ0v) is 11.0. The van der Waals surface area contributed by atoms with E-state index in [0.29, 0.717) is 25.1 Å². The van der Waals surface area contributed by atoms with Gasteiger partial charge in [0.2, 0.25) is 5.91 Å². The maximum Gasteiger partial charge on any atom is 0.320 e. The first kappa shape index (κ1) is 13.3. The molecule has 0 heterocycles. The van der Waals surface area contributed by atoms with E-state index in [1.807, 2.05) is 4.90 Å². The van der Waals surface area contributed by atoms with Crippen molar-refractivity contribution >= 4 is 11.9 Å². The molecule has 1 amide bonds. The lowest BCUT2D eigenvalue weighted by Gasteiger charge is -2.20. The standard InChI is InChI=1S/C13H22N2O3/c1-2-18-13(17)9-15(11-5-6-11)8-12(16)14-7-10-3-4-10/h10-11H,2-9H2,1H3,(H,14,16). The number of esters is 1. The van der Waals surface area contributed by atoms with Crippen LogP contribution < -0.4 is 5.32 Å². The molecule has 0 aromatic rings. The van der Waals surface area contributed by atoms with Gasteiger partial charge in [0.25, 0.3) is 0 Å². The Kier molecular flexibility index (Phi) is 4.58. The van der Waals surface area contributed by atoms with Crippen molar-refractivity contribution in [1.29, 1.82) is 0 Å². The molecule has 2 saturated carbocycles. The van der Waals surface area contributed by atoms with Crippen molar-refractivity contribution in [3.8, 4) is 0 Å². The van der Waals surface area contributed by atoms with E-state index >= 15 is 0 Å². The maximum atomic E-state index is 11.8. The van der Waals surface area contributed by atoms with Gasteiger partial charge in [-0.25, -0.2) is 0 Å². The molecule has 0 unspecified atom stereocenters. The molecule has 0 aromatic heterocycles. The average molecular weight is 254 g/mol. The average Bonchev–Trinajstić information content (AvgIpc) is 3.16. The second-order valence-corrected chi connectivity index (χ2v) is 5.19. The van der Waals surface area contributed by atoms with E-state index < -0.39 is 0 Å². The molecule has 0 spiro atoms. The second kappa shape index (κ2) is 6.18. The van der Waals surface area contributed by atoms with Crippen molar-refractivity contribution in [3.05, 3.63) is 0 Å². The largest absolute Gasteiger partial charge is 0.465 e. The van der Waals surface area contributed by atoms with Crippen LogP contribution in [0.4, 0.5) is 0 Å². The van der Waals surface area contributed by atoms with E-state index in [0.717, 1.165) is 19.4 Å². The highest BCUT2D eigenvalue weighted by atomic mass is 16.5. The molecule has 0 aromatic carbocycles. The summed E-state index contributed by atoms with van der Waals surface area (Å²) in [6, 6.07) is 0.390. The summed E-state index contributed by atoms with van der Waals surface area (Å²) in [5, 5.41) is 2.93. The molecule has 1 N–H and O–H groups in total. The zero-order valence-electron chi connectivity index (χ0n) is 11.0. The number of nitrogens with one attached hydrogen (secondary N) is 1. The maximum absolute atomic E-state index is 11.8. The van der Waals surface area contributed by atoms with Crippen LogP contribution in [-0.4, -0.2) is 49.1 Å². The highest BCUT2D eigenvalue weighted by Gasteiger charge is 2.32. The Morgan fingerprint density at radius 1 is 1.22 bits per heavy atom. The van der Waals surface area contributed by atoms with Gasteiger partial charge in [-0.15, -0.1) is 0 Å². The number of carbonyl (C=O) groups excluding carboxylic acids is 2. The molecule has 2 aliphatic rings. The summed E-state index contributed by atoms with van der Waals surface area (Å²) in [6.45, 7) is 3.52. The highest BCUT2D eigenvalue weighted by Crippen LogP contribution is 2.28. The van der Waals surface area contributed by atoms with Crippen molar-refractivity contribution in [2.75, 3.05) is 26.2 Å². The van der Waals surface area contributed by atoms with Crippen LogP contribution in [0.15, 0.2) is 0 Å². The smallest absolute Gasteiger partial charge is 0.320 e. The van der Waals surface area contributed by atoms with Crippen molar-refractivity contribution in [3.63, 3.8) is 0 Å². The minimum atomic E-state index is -0.237. The van der Waals surface area contributed by atoms with Crippen LogP contribution >= 0.6 is 0 Å². The van der Waals surface area contributed by atoms with E-state index in [4.69, 9.17) is 4.74 Å². The molecular weight excluding hydrogens is 232 g/mol. The zero-order chi connectivity index (χ0) is 13.0. The number of hydrogen-bond acceptors (Lipinski definition) is 4. The van der Waals surface area contributed by atoms with Gasteiger partial charge in [-0.2, -0.15) is 0 Å². The van der Waals surface area contributed by atoms with E-state index in [-0.39, 0.29) is 18.4 Å². The lowest BCUT2D eigenvalue weighted by molar-refractivity contribution is -0.144. The quantitative estimate of drug-likeness (QED) is 0.642. The van der Waals surface area contributed by atoms with Gasteiger partial charge in [-0.3, -0.25) is 14.5 Å². The first-order valence-electron chi connectivity index (χ1n) is 6.85. The summed E-state index contributed by atoms with van der Waals surface area (Å²) >= 11 is 0. The summed E-state index contributed by atoms with van der Waals surface area (Å²) in [4.78, 5) is 25.1. The fourth-order valence-electron chi connectivity index (χ4n) is 1.95. The van der Waals surface area contributed by atoms with Crippen molar-refractivity contribution < 1.29 is 14.3 Å². The minimum Gasteiger partial charge on any atom is -0.465 e. The van der Waals surface area contributed by atoms with Gasteiger partial charge in [-0.1, -0.05) is 0 Å². The molecule has 2 fully saturated rings. The highest BCUT2D eigenvalue weighted by molar-refractivity contribution is 5.79. The van der Waals surface area contributed by atoms with Crippen LogP contribution in [0.3, 0.4) is 0 Å². The number of nitrogens with zero attached hydrogens (tertiary/aromatic N) is 1. The van der Waals surface area contributed by atoms with Gasteiger partial charge in [0, 0.05) is 12.6 Å². The molecule has 18 heavy (non-hydrogen) atoms. The van der Waals surface area contributed by atoms with Gasteiger partial charge in [0.15, 0.2) is 0 Å². The van der Waals surface area contributed by atoms with Gasteiger partial charge >= 0.3 is 5.97 Å². The monoisotopic (exact) mass is 254 g/mol. The fourth-order valence-corrected chi connectivity index (χ4v) is 1.95. The third kappa shape index (κ3) is 4.64. The lowest BCUT2D eigenvalue weighted by Crippen LogP contribution is -2.41. The third-order valence-corrected chi connectivity index (χ3v) is 3.33.